The van der Waals surface area contributed by atoms with Crippen LogP contribution in [-0.2, 0) is 9.59 Å². The third kappa shape index (κ3) is 5.20. The van der Waals surface area contributed by atoms with E-state index in [1.165, 1.54) is 0 Å². The van der Waals surface area contributed by atoms with Gasteiger partial charge in [-0.2, -0.15) is 4.98 Å². The summed E-state index contributed by atoms with van der Waals surface area (Å²) in [5, 5.41) is 6.82. The van der Waals surface area contributed by atoms with Crippen molar-refractivity contribution in [2.75, 3.05) is 32.7 Å². The highest BCUT2D eigenvalue weighted by Gasteiger charge is 2.28. The number of amides is 2. The Hall–Kier alpha value is -2.74. The second-order valence-corrected chi connectivity index (χ2v) is 7.44. The van der Waals surface area contributed by atoms with Crippen LogP contribution >= 0.6 is 0 Å². The SMILES string of the molecule is CCC(C)C(=O)NCC(=O)N1CCN(C(C)c2nc(-c3ccccc3)no2)CC1. The molecule has 29 heavy (non-hydrogen) atoms. The molecule has 1 aromatic carbocycles. The third-order valence-corrected chi connectivity index (χ3v) is 5.52. The van der Waals surface area contributed by atoms with E-state index in [2.05, 4.69) is 20.4 Å². The van der Waals surface area contributed by atoms with Gasteiger partial charge in [-0.05, 0) is 13.3 Å². The second kappa shape index (κ2) is 9.65. The Labute approximate surface area is 171 Å². The van der Waals surface area contributed by atoms with Gasteiger partial charge in [0, 0.05) is 37.7 Å². The van der Waals surface area contributed by atoms with E-state index in [0.717, 1.165) is 25.1 Å². The van der Waals surface area contributed by atoms with Crippen molar-refractivity contribution >= 4 is 11.8 Å². The predicted octanol–water partition coefficient (Wildman–Crippen LogP) is 2.10. The fraction of sp³-hybridized carbons (Fsp3) is 0.524. The number of nitrogens with zero attached hydrogens (tertiary/aromatic N) is 4. The molecule has 2 aromatic rings. The molecule has 2 unspecified atom stereocenters. The molecule has 1 fully saturated rings. The number of aromatic nitrogens is 2. The van der Waals surface area contributed by atoms with Gasteiger partial charge < -0.3 is 14.7 Å². The molecule has 0 spiro atoms. The lowest BCUT2D eigenvalue weighted by atomic mass is 10.1. The van der Waals surface area contributed by atoms with Gasteiger partial charge in [0.05, 0.1) is 12.6 Å². The highest BCUT2D eigenvalue weighted by Crippen LogP contribution is 2.23. The van der Waals surface area contributed by atoms with Crippen LogP contribution in [0.3, 0.4) is 0 Å². The van der Waals surface area contributed by atoms with Crippen molar-refractivity contribution in [1.82, 2.24) is 25.3 Å². The van der Waals surface area contributed by atoms with Crippen molar-refractivity contribution in [3.8, 4) is 11.4 Å². The van der Waals surface area contributed by atoms with Crippen molar-refractivity contribution < 1.29 is 14.1 Å². The Morgan fingerprint density at radius 1 is 1.14 bits per heavy atom. The molecule has 1 N–H and O–H groups in total. The zero-order valence-corrected chi connectivity index (χ0v) is 17.3. The average Bonchev–Trinajstić information content (AvgIpc) is 3.27. The van der Waals surface area contributed by atoms with Crippen LogP contribution in [0.2, 0.25) is 0 Å². The quantitative estimate of drug-likeness (QED) is 0.767. The second-order valence-electron chi connectivity index (χ2n) is 7.44. The van der Waals surface area contributed by atoms with Crippen LogP contribution in [0, 0.1) is 5.92 Å². The van der Waals surface area contributed by atoms with Crippen LogP contribution in [0.15, 0.2) is 34.9 Å². The number of hydrogen-bond donors (Lipinski definition) is 1. The lowest BCUT2D eigenvalue weighted by Gasteiger charge is -2.36. The van der Waals surface area contributed by atoms with Crippen LogP contribution < -0.4 is 5.32 Å². The minimum absolute atomic E-state index is 0.0256. The first kappa shape index (κ1) is 21.0. The minimum Gasteiger partial charge on any atom is -0.347 e. The molecule has 0 bridgehead atoms. The normalized spacial score (nSPS) is 17.0. The highest BCUT2D eigenvalue weighted by atomic mass is 16.5. The van der Waals surface area contributed by atoms with Crippen LogP contribution in [0.5, 0.6) is 0 Å². The summed E-state index contributed by atoms with van der Waals surface area (Å²) in [6.45, 7) is 8.57. The maximum absolute atomic E-state index is 12.4. The Morgan fingerprint density at radius 2 is 1.83 bits per heavy atom. The van der Waals surface area contributed by atoms with Crippen LogP contribution in [0.1, 0.15) is 39.1 Å². The third-order valence-electron chi connectivity index (χ3n) is 5.52. The molecule has 0 radical (unpaired) electrons. The van der Waals surface area contributed by atoms with Crippen molar-refractivity contribution in [3.63, 3.8) is 0 Å². The summed E-state index contributed by atoms with van der Waals surface area (Å²) in [5.41, 5.74) is 0.921. The molecule has 1 saturated heterocycles. The first-order valence-electron chi connectivity index (χ1n) is 10.2. The Balaban J connectivity index is 1.49. The molecule has 8 nitrogen and oxygen atoms in total. The summed E-state index contributed by atoms with van der Waals surface area (Å²) in [7, 11) is 0. The van der Waals surface area contributed by atoms with E-state index in [-0.39, 0.29) is 30.3 Å². The highest BCUT2D eigenvalue weighted by molar-refractivity contribution is 5.85. The van der Waals surface area contributed by atoms with Gasteiger partial charge >= 0.3 is 0 Å². The zero-order valence-electron chi connectivity index (χ0n) is 17.3. The van der Waals surface area contributed by atoms with Crippen molar-refractivity contribution in [2.45, 2.75) is 33.2 Å². The van der Waals surface area contributed by atoms with Crippen LogP contribution in [0.4, 0.5) is 0 Å². The van der Waals surface area contributed by atoms with Gasteiger partial charge in [-0.15, -0.1) is 0 Å². The number of rotatable bonds is 7. The standard InChI is InChI=1S/C21H29N5O3/c1-4-15(2)20(28)22-14-18(27)26-12-10-25(11-13-26)16(3)21-23-19(24-29-21)17-8-6-5-7-9-17/h5-9,15-16H,4,10-14H2,1-3H3,(H,22,28). The average molecular weight is 399 g/mol. The molecule has 2 atom stereocenters. The molecular formula is C21H29N5O3. The molecule has 1 aliphatic heterocycles. The summed E-state index contributed by atoms with van der Waals surface area (Å²) >= 11 is 0. The van der Waals surface area contributed by atoms with Gasteiger partial charge in [0.2, 0.25) is 23.5 Å². The van der Waals surface area contributed by atoms with Gasteiger partial charge in [-0.3, -0.25) is 14.5 Å². The van der Waals surface area contributed by atoms with E-state index in [9.17, 15) is 9.59 Å². The molecular weight excluding hydrogens is 370 g/mol. The molecule has 1 aromatic heterocycles. The molecule has 3 rings (SSSR count). The molecule has 8 heteroatoms. The first-order valence-corrected chi connectivity index (χ1v) is 10.2. The zero-order chi connectivity index (χ0) is 20.8. The van der Waals surface area contributed by atoms with Crippen LogP contribution in [0.25, 0.3) is 11.4 Å². The van der Waals surface area contributed by atoms with Crippen molar-refractivity contribution in [3.05, 3.63) is 36.2 Å². The molecule has 1 aliphatic rings. The number of piperazine rings is 1. The number of hydrogen-bond acceptors (Lipinski definition) is 6. The molecule has 0 aliphatic carbocycles. The maximum atomic E-state index is 12.4. The summed E-state index contributed by atoms with van der Waals surface area (Å²) in [6.07, 6.45) is 0.762. The fourth-order valence-corrected chi connectivity index (χ4v) is 3.26. The summed E-state index contributed by atoms with van der Waals surface area (Å²) in [5.74, 6) is 0.968. The van der Waals surface area contributed by atoms with E-state index in [0.29, 0.717) is 24.8 Å². The van der Waals surface area contributed by atoms with Gasteiger partial charge in [-0.1, -0.05) is 49.3 Å². The number of carbonyl (C=O) groups excluding carboxylic acids is 2. The molecule has 2 amide bonds. The number of nitrogens with one attached hydrogen (secondary N) is 1. The summed E-state index contributed by atoms with van der Waals surface area (Å²) in [6, 6.07) is 9.70. The molecule has 0 saturated carbocycles. The van der Waals surface area contributed by atoms with Gasteiger partial charge in [0.15, 0.2) is 0 Å². The summed E-state index contributed by atoms with van der Waals surface area (Å²) < 4.78 is 5.48. The molecule has 2 heterocycles. The maximum Gasteiger partial charge on any atom is 0.244 e. The Kier molecular flexibility index (Phi) is 6.98. The van der Waals surface area contributed by atoms with E-state index >= 15 is 0 Å². The van der Waals surface area contributed by atoms with Gasteiger partial charge in [-0.25, -0.2) is 0 Å². The predicted molar refractivity (Wildman–Crippen MR) is 109 cm³/mol. The topological polar surface area (TPSA) is 91.6 Å². The van der Waals surface area contributed by atoms with E-state index in [4.69, 9.17) is 4.52 Å². The monoisotopic (exact) mass is 399 g/mol. The largest absolute Gasteiger partial charge is 0.347 e. The van der Waals surface area contributed by atoms with Crippen molar-refractivity contribution in [1.29, 1.82) is 0 Å². The molecule has 156 valence electrons. The first-order chi connectivity index (χ1) is 14.0. The summed E-state index contributed by atoms with van der Waals surface area (Å²) in [4.78, 5) is 32.8. The minimum atomic E-state index is -0.0734. The van der Waals surface area contributed by atoms with Gasteiger partial charge in [0.25, 0.3) is 0 Å². The number of carbonyl (C=O) groups is 2. The Morgan fingerprint density at radius 3 is 2.48 bits per heavy atom. The lowest BCUT2D eigenvalue weighted by Crippen LogP contribution is -2.51. The smallest absolute Gasteiger partial charge is 0.244 e. The lowest BCUT2D eigenvalue weighted by molar-refractivity contribution is -0.135. The van der Waals surface area contributed by atoms with Crippen molar-refractivity contribution in [2.24, 2.45) is 5.92 Å². The number of benzene rings is 1. The van der Waals surface area contributed by atoms with E-state index in [1.54, 1.807) is 4.90 Å². The van der Waals surface area contributed by atoms with E-state index < -0.39 is 0 Å². The van der Waals surface area contributed by atoms with Gasteiger partial charge in [0.1, 0.15) is 0 Å². The fourth-order valence-electron chi connectivity index (χ4n) is 3.26. The van der Waals surface area contributed by atoms with E-state index in [1.807, 2.05) is 51.1 Å². The Bertz CT molecular complexity index is 815. The van der Waals surface area contributed by atoms with Crippen LogP contribution in [-0.4, -0.2) is 64.5 Å².